The standard InChI is InChI=1S/C30H30F2N5O10P/c1-17-4-10-22-25(12-17)37(30(40)46-16-45-28(39)20-7-5-19(6-8-20)15-47-48(41,42)43)36-26(22)34-29(33-18(2)14-44-3)35-27(38)21-9-11-23(31)24(32)13-21/h4-13,18H,14-16H2,1-3H3,(H2,41,42,43)(H2,33,34,35,36,38)/t18-/m0/s1. The molecule has 0 saturated heterocycles. The van der Waals surface area contributed by atoms with E-state index in [2.05, 4.69) is 25.2 Å². The van der Waals surface area contributed by atoms with Gasteiger partial charge in [0, 0.05) is 24.1 Å². The zero-order chi connectivity index (χ0) is 35.0. The van der Waals surface area contributed by atoms with Gasteiger partial charge in [-0.05, 0) is 67.4 Å². The minimum Gasteiger partial charge on any atom is -0.424 e. The maximum absolute atomic E-state index is 13.8. The van der Waals surface area contributed by atoms with E-state index in [1.54, 1.807) is 32.0 Å². The van der Waals surface area contributed by atoms with Gasteiger partial charge in [0.2, 0.25) is 12.8 Å². The van der Waals surface area contributed by atoms with Gasteiger partial charge >= 0.3 is 19.9 Å². The van der Waals surface area contributed by atoms with Crippen LogP contribution >= 0.6 is 7.82 Å². The van der Waals surface area contributed by atoms with Gasteiger partial charge in [-0.3, -0.25) is 9.32 Å². The van der Waals surface area contributed by atoms with Crippen molar-refractivity contribution in [1.29, 1.82) is 0 Å². The van der Waals surface area contributed by atoms with E-state index in [1.807, 2.05) is 0 Å². The molecule has 1 atom stereocenters. The summed E-state index contributed by atoms with van der Waals surface area (Å²) in [5, 5.41) is 10.5. The average molecular weight is 690 g/mol. The average Bonchev–Trinajstić information content (AvgIpc) is 3.38. The summed E-state index contributed by atoms with van der Waals surface area (Å²) in [5.74, 6) is -4.18. The summed E-state index contributed by atoms with van der Waals surface area (Å²) in [6.07, 6.45) is -1.02. The number of nitrogens with zero attached hydrogens (tertiary/aromatic N) is 3. The number of guanidine groups is 1. The molecule has 3 aromatic carbocycles. The number of phosphoric ester groups is 1. The summed E-state index contributed by atoms with van der Waals surface area (Å²) >= 11 is 0. The van der Waals surface area contributed by atoms with Crippen LogP contribution in [0.3, 0.4) is 0 Å². The highest BCUT2D eigenvalue weighted by Gasteiger charge is 2.21. The molecule has 15 nitrogen and oxygen atoms in total. The van der Waals surface area contributed by atoms with Crippen molar-refractivity contribution in [3.8, 4) is 0 Å². The number of aromatic nitrogens is 2. The van der Waals surface area contributed by atoms with E-state index in [0.29, 0.717) is 17.0 Å². The number of benzene rings is 3. The first-order valence-electron chi connectivity index (χ1n) is 14.0. The highest BCUT2D eigenvalue weighted by molar-refractivity contribution is 7.46. The molecule has 0 saturated carbocycles. The van der Waals surface area contributed by atoms with Crippen molar-refractivity contribution in [3.63, 3.8) is 0 Å². The number of hydrogen-bond donors (Lipinski definition) is 4. The summed E-state index contributed by atoms with van der Waals surface area (Å²) < 4.78 is 58.7. The third-order valence-electron chi connectivity index (χ3n) is 6.39. The Hall–Kier alpha value is -5.06. The number of ether oxygens (including phenoxy) is 3. The first kappa shape index (κ1) is 35.8. The maximum atomic E-state index is 13.8. The number of rotatable bonds is 11. The van der Waals surface area contributed by atoms with Crippen molar-refractivity contribution >= 4 is 48.5 Å². The molecule has 4 N–H and O–H groups in total. The number of halogens is 2. The summed E-state index contributed by atoms with van der Waals surface area (Å²) in [7, 11) is -3.19. The van der Waals surface area contributed by atoms with Crippen molar-refractivity contribution in [2.75, 3.05) is 25.8 Å². The Morgan fingerprint density at radius 3 is 2.38 bits per heavy atom. The number of aliphatic imine (C=N–C) groups is 1. The highest BCUT2D eigenvalue weighted by atomic mass is 31.2. The largest absolute Gasteiger partial charge is 0.469 e. The second-order valence-corrected chi connectivity index (χ2v) is 11.5. The monoisotopic (exact) mass is 689 g/mol. The van der Waals surface area contributed by atoms with Crippen LogP contribution in [-0.2, 0) is 29.9 Å². The fraction of sp³-hybridized carbons (Fsp3) is 0.233. The number of methoxy groups -OCH3 is 1. The molecule has 0 aliphatic rings. The number of nitrogens with one attached hydrogen (secondary N) is 2. The van der Waals surface area contributed by atoms with Gasteiger partial charge in [-0.2, -0.15) is 9.67 Å². The fourth-order valence-electron chi connectivity index (χ4n) is 4.16. The number of fused-ring (bicyclic) bond motifs is 1. The zero-order valence-corrected chi connectivity index (χ0v) is 26.6. The third-order valence-corrected chi connectivity index (χ3v) is 6.85. The molecule has 4 aromatic rings. The van der Waals surface area contributed by atoms with Crippen molar-refractivity contribution in [1.82, 2.24) is 15.1 Å². The first-order valence-corrected chi connectivity index (χ1v) is 15.5. The van der Waals surface area contributed by atoms with Gasteiger partial charge in [0.15, 0.2) is 17.5 Å². The van der Waals surface area contributed by atoms with Crippen LogP contribution in [-0.4, -0.2) is 70.0 Å². The molecule has 1 heterocycles. The number of hydrogen-bond acceptors (Lipinski definition) is 9. The van der Waals surface area contributed by atoms with E-state index in [1.165, 1.54) is 31.4 Å². The molecule has 0 radical (unpaired) electrons. The van der Waals surface area contributed by atoms with Crippen LogP contribution in [0.25, 0.3) is 10.9 Å². The van der Waals surface area contributed by atoms with Crippen molar-refractivity contribution < 1.29 is 56.3 Å². The highest BCUT2D eigenvalue weighted by Crippen LogP contribution is 2.36. The maximum Gasteiger partial charge on any atom is 0.469 e. The van der Waals surface area contributed by atoms with Crippen LogP contribution in [0.2, 0.25) is 0 Å². The van der Waals surface area contributed by atoms with Crippen LogP contribution in [0.4, 0.5) is 19.4 Å². The Kier molecular flexibility index (Phi) is 11.7. The van der Waals surface area contributed by atoms with E-state index in [0.717, 1.165) is 22.4 Å². The van der Waals surface area contributed by atoms with Gasteiger partial charge in [0.1, 0.15) is 0 Å². The topological polar surface area (TPSA) is 200 Å². The Morgan fingerprint density at radius 2 is 1.71 bits per heavy atom. The number of esters is 1. The SMILES string of the molecule is COC[C@H](C)N/C(=N/C(=O)c1ccc(F)c(F)c1)Nc1nn(C(=O)OCOC(=O)c2ccc(COP(=O)(O)O)cc2)c2cc(C)ccc12. The van der Waals surface area contributed by atoms with Gasteiger partial charge in [0.05, 0.1) is 24.3 Å². The summed E-state index contributed by atoms with van der Waals surface area (Å²) in [5.41, 5.74) is 1.29. The van der Waals surface area contributed by atoms with Crippen LogP contribution in [0.5, 0.6) is 0 Å². The number of carbonyl (C=O) groups is 3. The van der Waals surface area contributed by atoms with Crippen molar-refractivity contribution in [2.24, 2.45) is 4.99 Å². The quantitative estimate of drug-likeness (QED) is 0.0573. The van der Waals surface area contributed by atoms with Gasteiger partial charge in [-0.25, -0.2) is 22.9 Å². The molecular weight excluding hydrogens is 659 g/mol. The molecule has 254 valence electrons. The third kappa shape index (κ3) is 9.73. The second-order valence-electron chi connectivity index (χ2n) is 10.2. The number of amides is 1. The van der Waals surface area contributed by atoms with Gasteiger partial charge in [0.25, 0.3) is 5.91 Å². The molecule has 48 heavy (non-hydrogen) atoms. The number of carbonyl (C=O) groups excluding carboxylic acids is 3. The van der Waals surface area contributed by atoms with Crippen LogP contribution in [0.1, 0.15) is 38.8 Å². The van der Waals surface area contributed by atoms with E-state index < -0.39 is 50.3 Å². The summed E-state index contributed by atoms with van der Waals surface area (Å²) in [6, 6.07) is 12.7. The number of aryl methyl sites for hydroxylation is 1. The lowest BCUT2D eigenvalue weighted by molar-refractivity contribution is -0.00245. The van der Waals surface area contributed by atoms with Crippen molar-refractivity contribution in [2.45, 2.75) is 26.5 Å². The normalized spacial score (nSPS) is 12.4. The molecule has 1 aromatic heterocycles. The second kappa shape index (κ2) is 15.7. The zero-order valence-electron chi connectivity index (χ0n) is 25.7. The number of phosphoric acid groups is 1. The Bertz CT molecular complexity index is 1890. The van der Waals surface area contributed by atoms with Crippen molar-refractivity contribution in [3.05, 3.63) is 94.6 Å². The molecule has 0 aliphatic heterocycles. The van der Waals surface area contributed by atoms with Gasteiger partial charge in [-0.15, -0.1) is 5.10 Å². The van der Waals surface area contributed by atoms with E-state index in [4.69, 9.17) is 24.0 Å². The van der Waals surface area contributed by atoms with Crippen LogP contribution in [0, 0.1) is 18.6 Å². The molecule has 0 spiro atoms. The molecule has 0 unspecified atom stereocenters. The molecule has 1 amide bonds. The smallest absolute Gasteiger partial charge is 0.424 e. The van der Waals surface area contributed by atoms with Gasteiger partial charge < -0.3 is 34.6 Å². The fourth-order valence-corrected chi connectivity index (χ4v) is 4.48. The van der Waals surface area contributed by atoms with E-state index in [9.17, 15) is 27.7 Å². The van der Waals surface area contributed by atoms with Crippen LogP contribution in [0.15, 0.2) is 65.7 Å². The Morgan fingerprint density at radius 1 is 1.00 bits per heavy atom. The number of anilines is 1. The predicted molar refractivity (Wildman–Crippen MR) is 166 cm³/mol. The van der Waals surface area contributed by atoms with E-state index in [-0.39, 0.29) is 41.6 Å². The Labute approximate surface area is 271 Å². The first-order chi connectivity index (χ1) is 22.7. The van der Waals surface area contributed by atoms with Crippen LogP contribution < -0.4 is 10.6 Å². The molecular formula is C30H30F2N5O10P. The molecule has 0 bridgehead atoms. The lowest BCUT2D eigenvalue weighted by Crippen LogP contribution is -2.40. The molecule has 0 aliphatic carbocycles. The minimum absolute atomic E-state index is 0.0655. The lowest BCUT2D eigenvalue weighted by Gasteiger charge is -2.16. The summed E-state index contributed by atoms with van der Waals surface area (Å²) in [4.78, 5) is 60.0. The predicted octanol–water partition coefficient (Wildman–Crippen LogP) is 4.26. The molecule has 4 rings (SSSR count). The molecule has 0 fully saturated rings. The van der Waals surface area contributed by atoms with Gasteiger partial charge in [-0.1, -0.05) is 18.2 Å². The lowest BCUT2D eigenvalue weighted by atomic mass is 10.1. The molecule has 18 heteroatoms. The summed E-state index contributed by atoms with van der Waals surface area (Å²) in [6.45, 7) is 2.54. The minimum atomic E-state index is -4.67. The van der Waals surface area contributed by atoms with E-state index >= 15 is 0 Å². The Balaban J connectivity index is 1.51.